The van der Waals surface area contributed by atoms with Crippen LogP contribution in [-0.2, 0) is 5.88 Å². The Morgan fingerprint density at radius 2 is 1.93 bits per heavy atom. The van der Waals surface area contributed by atoms with Gasteiger partial charge in [0.05, 0.1) is 5.88 Å². The third-order valence-corrected chi connectivity index (χ3v) is 2.52. The second-order valence-corrected chi connectivity index (χ2v) is 3.64. The molecule has 0 N–H and O–H groups in total. The number of benzene rings is 1. The minimum absolute atomic E-state index is 0.0709. The molecule has 1 rings (SSSR count). The van der Waals surface area contributed by atoms with Crippen molar-refractivity contribution in [2.75, 3.05) is 0 Å². The van der Waals surface area contributed by atoms with Crippen LogP contribution in [0.15, 0.2) is 16.6 Å². The maximum atomic E-state index is 13.3. The molecule has 7 heteroatoms. The van der Waals surface area contributed by atoms with E-state index in [1.54, 1.807) is 0 Å². The molecular formula is C8H4BrClF4O. The number of rotatable bonds is 2. The Hall–Kier alpha value is -0.490. The van der Waals surface area contributed by atoms with Crippen LogP contribution >= 0.6 is 27.5 Å². The Kier molecular flexibility index (Phi) is 3.83. The fourth-order valence-electron chi connectivity index (χ4n) is 0.902. The van der Waals surface area contributed by atoms with E-state index in [4.69, 9.17) is 11.6 Å². The summed E-state index contributed by atoms with van der Waals surface area (Å²) in [5.41, 5.74) is -0.0709. The smallest absolute Gasteiger partial charge is 0.403 e. The molecule has 1 nitrogen and oxygen atoms in total. The maximum absolute atomic E-state index is 13.3. The minimum atomic E-state index is -4.92. The Morgan fingerprint density at radius 1 is 1.33 bits per heavy atom. The van der Waals surface area contributed by atoms with E-state index in [1.165, 1.54) is 6.07 Å². The van der Waals surface area contributed by atoms with Crippen molar-refractivity contribution in [2.45, 2.75) is 12.2 Å². The van der Waals surface area contributed by atoms with Gasteiger partial charge in [-0.3, -0.25) is 0 Å². The van der Waals surface area contributed by atoms with E-state index in [0.29, 0.717) is 4.47 Å². The molecule has 84 valence electrons. The van der Waals surface area contributed by atoms with Crippen LogP contribution in [0, 0.1) is 5.82 Å². The van der Waals surface area contributed by atoms with Crippen LogP contribution in [-0.4, -0.2) is 6.36 Å². The van der Waals surface area contributed by atoms with Gasteiger partial charge in [-0.1, -0.05) is 15.9 Å². The molecule has 0 heterocycles. The third kappa shape index (κ3) is 3.24. The fourth-order valence-corrected chi connectivity index (χ4v) is 1.77. The minimum Gasteiger partial charge on any atom is -0.403 e. The van der Waals surface area contributed by atoms with Crippen LogP contribution < -0.4 is 4.74 Å². The summed E-state index contributed by atoms with van der Waals surface area (Å²) >= 11 is 8.33. The van der Waals surface area contributed by atoms with Crippen molar-refractivity contribution in [1.82, 2.24) is 0 Å². The van der Waals surface area contributed by atoms with Crippen LogP contribution in [0.1, 0.15) is 5.56 Å². The van der Waals surface area contributed by atoms with Gasteiger partial charge in [-0.05, 0) is 12.1 Å². The quantitative estimate of drug-likeness (QED) is 0.587. The highest BCUT2D eigenvalue weighted by Gasteiger charge is 2.32. The van der Waals surface area contributed by atoms with E-state index >= 15 is 0 Å². The monoisotopic (exact) mass is 306 g/mol. The van der Waals surface area contributed by atoms with Crippen molar-refractivity contribution in [1.29, 1.82) is 0 Å². The highest BCUT2D eigenvalue weighted by atomic mass is 79.9. The Bertz CT molecular complexity index is 366. The van der Waals surface area contributed by atoms with Gasteiger partial charge in [-0.2, -0.15) is 0 Å². The highest BCUT2D eigenvalue weighted by molar-refractivity contribution is 9.10. The number of alkyl halides is 4. The van der Waals surface area contributed by atoms with Crippen molar-refractivity contribution in [3.63, 3.8) is 0 Å². The normalized spacial score (nSPS) is 11.6. The van der Waals surface area contributed by atoms with Gasteiger partial charge < -0.3 is 4.74 Å². The van der Waals surface area contributed by atoms with E-state index in [0.717, 1.165) is 6.07 Å². The summed E-state index contributed by atoms with van der Waals surface area (Å²) in [6, 6.07) is 2.12. The SMILES string of the molecule is Fc1c(OC(F)(F)F)ccc(Br)c1CCl. The highest BCUT2D eigenvalue weighted by Crippen LogP contribution is 2.32. The molecule has 0 atom stereocenters. The maximum Gasteiger partial charge on any atom is 0.573 e. The first-order chi connectivity index (χ1) is 6.85. The number of ether oxygens (including phenoxy) is 1. The molecule has 1 aromatic rings. The first-order valence-corrected chi connectivity index (χ1v) is 4.96. The lowest BCUT2D eigenvalue weighted by molar-refractivity contribution is -0.275. The molecule has 0 radical (unpaired) electrons. The standard InChI is InChI=1S/C8H4BrClF4O/c9-5-1-2-6(15-8(12,13)14)7(11)4(5)3-10/h1-2H,3H2. The summed E-state index contributed by atoms with van der Waals surface area (Å²) < 4.78 is 52.6. The van der Waals surface area contributed by atoms with Crippen LogP contribution in [0.3, 0.4) is 0 Å². The molecule has 0 aromatic heterocycles. The number of hydrogen-bond acceptors (Lipinski definition) is 1. The lowest BCUT2D eigenvalue weighted by atomic mass is 10.2. The first-order valence-electron chi connectivity index (χ1n) is 3.63. The van der Waals surface area contributed by atoms with Crippen LogP contribution in [0.25, 0.3) is 0 Å². The molecule has 0 amide bonds. The zero-order valence-corrected chi connectivity index (χ0v) is 9.38. The summed E-state index contributed by atoms with van der Waals surface area (Å²) in [5, 5.41) is 0. The van der Waals surface area contributed by atoms with Gasteiger partial charge in [0, 0.05) is 10.0 Å². The largest absolute Gasteiger partial charge is 0.573 e. The Balaban J connectivity index is 3.11. The average Bonchev–Trinajstić information content (AvgIpc) is 2.09. The summed E-state index contributed by atoms with van der Waals surface area (Å²) in [5.74, 6) is -2.25. The molecule has 0 saturated carbocycles. The topological polar surface area (TPSA) is 9.23 Å². The number of hydrogen-bond donors (Lipinski definition) is 0. The van der Waals surface area contributed by atoms with E-state index < -0.39 is 17.9 Å². The molecular weight excluding hydrogens is 303 g/mol. The molecule has 0 fully saturated rings. The van der Waals surface area contributed by atoms with E-state index in [2.05, 4.69) is 20.7 Å². The second-order valence-electron chi connectivity index (χ2n) is 2.52. The molecule has 0 aliphatic rings. The van der Waals surface area contributed by atoms with Gasteiger partial charge in [0.25, 0.3) is 0 Å². The summed E-state index contributed by atoms with van der Waals surface area (Å²) in [4.78, 5) is 0. The van der Waals surface area contributed by atoms with Crippen molar-refractivity contribution in [3.05, 3.63) is 28.0 Å². The van der Waals surface area contributed by atoms with Crippen molar-refractivity contribution in [3.8, 4) is 5.75 Å². The summed E-state index contributed by atoms with van der Waals surface area (Å²) in [7, 11) is 0. The van der Waals surface area contributed by atoms with Gasteiger partial charge in [-0.25, -0.2) is 4.39 Å². The summed E-state index contributed by atoms with van der Waals surface area (Å²) in [6.07, 6.45) is -4.92. The zero-order valence-electron chi connectivity index (χ0n) is 7.04. The lowest BCUT2D eigenvalue weighted by Gasteiger charge is -2.11. The van der Waals surface area contributed by atoms with Crippen molar-refractivity contribution >= 4 is 27.5 Å². The number of halogens is 6. The fraction of sp³-hybridized carbons (Fsp3) is 0.250. The zero-order chi connectivity index (χ0) is 11.6. The molecule has 0 spiro atoms. The van der Waals surface area contributed by atoms with Gasteiger partial charge in [0.15, 0.2) is 11.6 Å². The van der Waals surface area contributed by atoms with Gasteiger partial charge >= 0.3 is 6.36 Å². The Labute approximate surface area is 96.1 Å². The van der Waals surface area contributed by atoms with E-state index in [9.17, 15) is 17.6 Å². The molecule has 0 saturated heterocycles. The average molecular weight is 307 g/mol. The molecule has 0 bridgehead atoms. The van der Waals surface area contributed by atoms with Gasteiger partial charge in [0.2, 0.25) is 0 Å². The van der Waals surface area contributed by atoms with Crippen molar-refractivity contribution < 1.29 is 22.3 Å². The second kappa shape index (κ2) is 4.57. The molecule has 0 aliphatic heterocycles. The van der Waals surface area contributed by atoms with Gasteiger partial charge in [0.1, 0.15) is 0 Å². The van der Waals surface area contributed by atoms with E-state index in [-0.39, 0.29) is 11.4 Å². The molecule has 1 aromatic carbocycles. The predicted molar refractivity (Wildman–Crippen MR) is 50.3 cm³/mol. The van der Waals surface area contributed by atoms with E-state index in [1.807, 2.05) is 0 Å². The molecule has 15 heavy (non-hydrogen) atoms. The van der Waals surface area contributed by atoms with Gasteiger partial charge in [-0.15, -0.1) is 24.8 Å². The third-order valence-electron chi connectivity index (χ3n) is 1.51. The first kappa shape index (κ1) is 12.6. The van der Waals surface area contributed by atoms with Crippen molar-refractivity contribution in [2.24, 2.45) is 0 Å². The Morgan fingerprint density at radius 3 is 2.40 bits per heavy atom. The molecule has 0 aliphatic carbocycles. The van der Waals surface area contributed by atoms with Crippen LogP contribution in [0.5, 0.6) is 5.75 Å². The van der Waals surface area contributed by atoms with Crippen LogP contribution in [0.2, 0.25) is 0 Å². The molecule has 0 unspecified atom stereocenters. The summed E-state index contributed by atoms with van der Waals surface area (Å²) in [6.45, 7) is 0. The lowest BCUT2D eigenvalue weighted by Crippen LogP contribution is -2.18. The predicted octanol–water partition coefficient (Wildman–Crippen LogP) is 4.23. The van der Waals surface area contributed by atoms with Crippen LogP contribution in [0.4, 0.5) is 17.6 Å².